The number of carboxylic acids is 2. The molecule has 0 amide bonds. The summed E-state index contributed by atoms with van der Waals surface area (Å²) in [6.07, 6.45) is -0.437. The van der Waals surface area contributed by atoms with Crippen LogP contribution in [-0.4, -0.2) is 22.2 Å². The van der Waals surface area contributed by atoms with Crippen molar-refractivity contribution in [2.45, 2.75) is 6.42 Å². The minimum Gasteiger partial charge on any atom is -0.481 e. The van der Waals surface area contributed by atoms with Crippen molar-refractivity contribution in [2.75, 3.05) is 0 Å². The third-order valence-electron chi connectivity index (χ3n) is 1.32. The van der Waals surface area contributed by atoms with Crippen molar-refractivity contribution >= 4 is 27.9 Å². The van der Waals surface area contributed by atoms with Gasteiger partial charge in [-0.2, -0.15) is 0 Å². The first-order valence-corrected chi connectivity index (χ1v) is 4.03. The van der Waals surface area contributed by atoms with Crippen molar-refractivity contribution in [3.63, 3.8) is 0 Å². The molecule has 0 radical (unpaired) electrons. The van der Waals surface area contributed by atoms with E-state index in [1.165, 1.54) is 6.07 Å². The molecular weight excluding hydrogens is 244 g/mol. The van der Waals surface area contributed by atoms with Crippen molar-refractivity contribution in [3.8, 4) is 0 Å². The summed E-state index contributed by atoms with van der Waals surface area (Å²) in [6, 6.07) is 1.22. The molecular formula is C7H5BrO5. The van der Waals surface area contributed by atoms with Crippen molar-refractivity contribution in [1.82, 2.24) is 0 Å². The molecule has 0 atom stereocenters. The largest absolute Gasteiger partial charge is 0.481 e. The quantitative estimate of drug-likeness (QED) is 0.844. The molecule has 0 aliphatic heterocycles. The fraction of sp³-hybridized carbons (Fsp3) is 0.143. The van der Waals surface area contributed by atoms with Crippen LogP contribution < -0.4 is 0 Å². The molecule has 0 saturated heterocycles. The Labute approximate surface area is 81.1 Å². The number of aromatic carboxylic acids is 1. The summed E-state index contributed by atoms with van der Waals surface area (Å²) < 4.78 is 5.05. The first-order chi connectivity index (χ1) is 6.00. The van der Waals surface area contributed by atoms with E-state index >= 15 is 0 Å². The lowest BCUT2D eigenvalue weighted by atomic mass is 10.2. The lowest BCUT2D eigenvalue weighted by molar-refractivity contribution is -0.136. The topological polar surface area (TPSA) is 87.7 Å². The lowest BCUT2D eigenvalue weighted by Gasteiger charge is -1.92. The Morgan fingerprint density at radius 3 is 2.54 bits per heavy atom. The van der Waals surface area contributed by atoms with Gasteiger partial charge < -0.3 is 14.6 Å². The van der Waals surface area contributed by atoms with Gasteiger partial charge in [-0.15, -0.1) is 0 Å². The molecule has 5 nitrogen and oxygen atoms in total. The van der Waals surface area contributed by atoms with Gasteiger partial charge in [0.05, 0.1) is 0 Å². The number of aliphatic carboxylic acids is 1. The average molecular weight is 249 g/mol. The van der Waals surface area contributed by atoms with Gasteiger partial charge in [-0.25, -0.2) is 4.79 Å². The van der Waals surface area contributed by atoms with Crippen LogP contribution in [0.2, 0.25) is 0 Å². The van der Waals surface area contributed by atoms with Gasteiger partial charge in [-0.1, -0.05) is 0 Å². The smallest absolute Gasteiger partial charge is 0.339 e. The Hall–Kier alpha value is -1.30. The van der Waals surface area contributed by atoms with Crippen LogP contribution in [0.15, 0.2) is 15.2 Å². The Balaban J connectivity index is 3.04. The fourth-order valence-corrected chi connectivity index (χ4v) is 1.27. The van der Waals surface area contributed by atoms with Crippen LogP contribution in [-0.2, 0) is 11.2 Å². The van der Waals surface area contributed by atoms with E-state index in [1.807, 2.05) is 0 Å². The number of carboxylic acid groups (broad SMARTS) is 2. The van der Waals surface area contributed by atoms with Crippen molar-refractivity contribution in [2.24, 2.45) is 0 Å². The summed E-state index contributed by atoms with van der Waals surface area (Å²) in [5.74, 6) is -2.40. The van der Waals surface area contributed by atoms with E-state index in [1.54, 1.807) is 0 Å². The molecule has 1 aromatic heterocycles. The van der Waals surface area contributed by atoms with Crippen LogP contribution in [0.1, 0.15) is 16.1 Å². The summed E-state index contributed by atoms with van der Waals surface area (Å²) >= 11 is 2.92. The molecule has 70 valence electrons. The van der Waals surface area contributed by atoms with Crippen LogP contribution in [0.25, 0.3) is 0 Å². The molecule has 1 aromatic rings. The highest BCUT2D eigenvalue weighted by Gasteiger charge is 2.18. The first-order valence-electron chi connectivity index (χ1n) is 3.24. The van der Waals surface area contributed by atoms with E-state index in [0.717, 1.165) is 0 Å². The summed E-state index contributed by atoms with van der Waals surface area (Å²) in [7, 11) is 0. The van der Waals surface area contributed by atoms with Crippen molar-refractivity contribution in [1.29, 1.82) is 0 Å². The molecule has 2 N–H and O–H groups in total. The Kier molecular flexibility index (Phi) is 2.72. The summed E-state index contributed by atoms with van der Waals surface area (Å²) in [5.41, 5.74) is -0.130. The highest BCUT2D eigenvalue weighted by molar-refractivity contribution is 9.10. The van der Waals surface area contributed by atoms with Gasteiger partial charge in [-0.3, -0.25) is 4.79 Å². The Morgan fingerprint density at radius 1 is 1.46 bits per heavy atom. The van der Waals surface area contributed by atoms with E-state index in [0.29, 0.717) is 0 Å². The van der Waals surface area contributed by atoms with E-state index in [4.69, 9.17) is 14.6 Å². The molecule has 13 heavy (non-hydrogen) atoms. The van der Waals surface area contributed by atoms with Crippen molar-refractivity contribution in [3.05, 3.63) is 22.1 Å². The van der Waals surface area contributed by atoms with E-state index in [9.17, 15) is 9.59 Å². The molecule has 0 aliphatic carbocycles. The molecule has 0 bridgehead atoms. The second-order valence-electron chi connectivity index (χ2n) is 2.26. The summed E-state index contributed by atoms with van der Waals surface area (Å²) in [6.45, 7) is 0. The maximum absolute atomic E-state index is 10.5. The molecule has 0 spiro atoms. The number of rotatable bonds is 3. The molecule has 0 aromatic carbocycles. The monoisotopic (exact) mass is 248 g/mol. The first kappa shape index (κ1) is 9.79. The predicted octanol–water partition coefficient (Wildman–Crippen LogP) is 1.37. The molecule has 1 heterocycles. The zero-order chi connectivity index (χ0) is 10.0. The van der Waals surface area contributed by atoms with E-state index < -0.39 is 18.4 Å². The minimum absolute atomic E-state index is 0.0631. The Morgan fingerprint density at radius 2 is 2.08 bits per heavy atom. The third kappa shape index (κ3) is 2.32. The van der Waals surface area contributed by atoms with Gasteiger partial charge in [0, 0.05) is 6.07 Å². The summed E-state index contributed by atoms with van der Waals surface area (Å²) in [4.78, 5) is 20.8. The van der Waals surface area contributed by atoms with Crippen LogP contribution in [0, 0.1) is 0 Å². The number of carbonyl (C=O) groups is 2. The average Bonchev–Trinajstić information content (AvgIpc) is 2.29. The SMILES string of the molecule is O=C(O)Cc1oc(Br)cc1C(=O)O. The highest BCUT2D eigenvalue weighted by Crippen LogP contribution is 2.20. The van der Waals surface area contributed by atoms with Crippen LogP contribution in [0.5, 0.6) is 0 Å². The van der Waals surface area contributed by atoms with E-state index in [-0.39, 0.29) is 16.0 Å². The van der Waals surface area contributed by atoms with Gasteiger partial charge in [0.25, 0.3) is 0 Å². The maximum Gasteiger partial charge on any atom is 0.339 e. The minimum atomic E-state index is -1.20. The predicted molar refractivity (Wildman–Crippen MR) is 44.7 cm³/mol. The maximum atomic E-state index is 10.5. The molecule has 0 aliphatic rings. The molecule has 0 saturated carbocycles. The standard InChI is InChI=1S/C7H5BrO5/c8-5-1-3(7(11)12)4(13-5)2-6(9)10/h1H,2H2,(H,9,10)(H,11,12). The van der Waals surface area contributed by atoms with Gasteiger partial charge >= 0.3 is 11.9 Å². The molecule has 0 unspecified atom stereocenters. The molecule has 6 heteroatoms. The van der Waals surface area contributed by atoms with Gasteiger partial charge in [-0.05, 0) is 15.9 Å². The normalized spacial score (nSPS) is 9.92. The highest BCUT2D eigenvalue weighted by atomic mass is 79.9. The van der Waals surface area contributed by atoms with Crippen LogP contribution in [0.3, 0.4) is 0 Å². The lowest BCUT2D eigenvalue weighted by Crippen LogP contribution is -2.04. The number of furan rings is 1. The van der Waals surface area contributed by atoms with Crippen molar-refractivity contribution < 1.29 is 24.2 Å². The second kappa shape index (κ2) is 3.61. The summed E-state index contributed by atoms with van der Waals surface area (Å²) in [5, 5.41) is 17.0. The number of hydrogen-bond donors (Lipinski definition) is 2. The molecule has 0 fully saturated rings. The third-order valence-corrected chi connectivity index (χ3v) is 1.71. The van der Waals surface area contributed by atoms with Crippen LogP contribution >= 0.6 is 15.9 Å². The van der Waals surface area contributed by atoms with Gasteiger partial charge in [0.1, 0.15) is 17.7 Å². The second-order valence-corrected chi connectivity index (χ2v) is 3.04. The van der Waals surface area contributed by atoms with Gasteiger partial charge in [0.15, 0.2) is 4.67 Å². The molecule has 1 rings (SSSR count). The number of hydrogen-bond acceptors (Lipinski definition) is 3. The van der Waals surface area contributed by atoms with Gasteiger partial charge in [0.2, 0.25) is 0 Å². The Bertz CT molecular complexity index is 354. The van der Waals surface area contributed by atoms with Crippen LogP contribution in [0.4, 0.5) is 0 Å². The fourth-order valence-electron chi connectivity index (χ4n) is 0.846. The zero-order valence-electron chi connectivity index (χ0n) is 6.28. The number of halogens is 1. The zero-order valence-corrected chi connectivity index (χ0v) is 7.87. The van der Waals surface area contributed by atoms with E-state index in [2.05, 4.69) is 15.9 Å².